The normalized spacial score (nSPS) is 13.4. The van der Waals surface area contributed by atoms with E-state index in [1.807, 2.05) is 0 Å². The molecular formula is C75H136NO8P. The molecule has 0 aliphatic carbocycles. The van der Waals surface area contributed by atoms with E-state index in [-0.39, 0.29) is 38.6 Å². The Morgan fingerprint density at radius 1 is 0.365 bits per heavy atom. The van der Waals surface area contributed by atoms with Crippen LogP contribution in [0.4, 0.5) is 0 Å². The van der Waals surface area contributed by atoms with Gasteiger partial charge in [-0.1, -0.05) is 330 Å². The molecule has 85 heavy (non-hydrogen) atoms. The van der Waals surface area contributed by atoms with Crippen molar-refractivity contribution in [2.24, 2.45) is 5.73 Å². The van der Waals surface area contributed by atoms with E-state index in [1.165, 1.54) is 238 Å². The fourth-order valence-corrected chi connectivity index (χ4v) is 11.2. The van der Waals surface area contributed by atoms with Crippen molar-refractivity contribution in [2.45, 2.75) is 354 Å². The first kappa shape index (κ1) is 82.2. The summed E-state index contributed by atoms with van der Waals surface area (Å²) in [6.07, 6.45) is 94.0. The minimum Gasteiger partial charge on any atom is -0.462 e. The van der Waals surface area contributed by atoms with Crippen molar-refractivity contribution in [1.82, 2.24) is 0 Å². The van der Waals surface area contributed by atoms with Gasteiger partial charge in [-0.05, 0) is 89.9 Å². The second-order valence-corrected chi connectivity index (χ2v) is 25.5. The Hall–Kier alpha value is -2.81. The highest BCUT2D eigenvalue weighted by atomic mass is 31.2. The molecule has 0 radical (unpaired) electrons. The van der Waals surface area contributed by atoms with Crippen molar-refractivity contribution < 1.29 is 37.6 Å². The molecule has 0 aromatic carbocycles. The van der Waals surface area contributed by atoms with Crippen LogP contribution < -0.4 is 5.73 Å². The fraction of sp³-hybridized carbons (Fsp3) is 0.787. The van der Waals surface area contributed by atoms with Crippen LogP contribution in [-0.4, -0.2) is 49.3 Å². The molecular weight excluding hydrogens is 1070 g/mol. The standard InChI is InChI=1S/C75H136NO8P/c1-3-5-7-9-11-13-15-17-19-21-23-25-27-29-31-33-34-35-36-37-38-40-41-43-45-47-49-51-53-55-57-59-61-63-65-67-74(77)81-71-73(72-83-85(79,80)82-70-69-76)84-75(78)68-66-64-62-60-58-56-54-52-50-48-46-44-42-39-32-30-28-26-24-22-20-18-16-14-12-10-8-6-4-2/h6,8,12,14-15,17-18,20-21,23-24,26,30,32,73H,3-5,7,9-11,13,16,19,22,25,27-29,31,33-72,76H2,1-2H3,(H,79,80)/b8-6-,14-12-,17-15-,20-18-,23-21-,26-24-,32-30-. The summed E-state index contributed by atoms with van der Waals surface area (Å²) in [7, 11) is -4.40. The van der Waals surface area contributed by atoms with E-state index < -0.39 is 26.5 Å². The summed E-state index contributed by atoms with van der Waals surface area (Å²) in [5.74, 6) is -0.816. The fourth-order valence-electron chi connectivity index (χ4n) is 10.5. The van der Waals surface area contributed by atoms with Gasteiger partial charge in [0.05, 0.1) is 13.2 Å². The first-order chi connectivity index (χ1) is 41.8. The highest BCUT2D eigenvalue weighted by Crippen LogP contribution is 2.43. The average molecular weight is 1210 g/mol. The van der Waals surface area contributed by atoms with Crippen molar-refractivity contribution in [1.29, 1.82) is 0 Å². The molecule has 0 aromatic rings. The maximum atomic E-state index is 12.8. The van der Waals surface area contributed by atoms with E-state index in [1.54, 1.807) is 0 Å². The third-order valence-corrected chi connectivity index (χ3v) is 16.7. The lowest BCUT2D eigenvalue weighted by molar-refractivity contribution is -0.161. The Morgan fingerprint density at radius 2 is 0.647 bits per heavy atom. The predicted molar refractivity (Wildman–Crippen MR) is 367 cm³/mol. The number of phosphoric ester groups is 1. The molecule has 0 fully saturated rings. The summed E-state index contributed by atoms with van der Waals surface area (Å²) in [5.41, 5.74) is 5.41. The van der Waals surface area contributed by atoms with E-state index in [9.17, 15) is 19.0 Å². The Morgan fingerprint density at radius 3 is 0.965 bits per heavy atom. The van der Waals surface area contributed by atoms with Crippen LogP contribution in [0.15, 0.2) is 85.1 Å². The van der Waals surface area contributed by atoms with Crippen molar-refractivity contribution in [3.63, 3.8) is 0 Å². The smallest absolute Gasteiger partial charge is 0.462 e. The number of carbonyl (C=O) groups excluding carboxylic acids is 2. The van der Waals surface area contributed by atoms with Gasteiger partial charge in [-0.3, -0.25) is 18.6 Å². The van der Waals surface area contributed by atoms with Crippen LogP contribution in [0.5, 0.6) is 0 Å². The number of hydrogen-bond donors (Lipinski definition) is 2. The molecule has 0 saturated heterocycles. The number of esters is 2. The molecule has 3 N–H and O–H groups in total. The number of allylic oxidation sites excluding steroid dienone is 14. The lowest BCUT2D eigenvalue weighted by atomic mass is 10.0. The van der Waals surface area contributed by atoms with Gasteiger partial charge in [0.2, 0.25) is 0 Å². The third kappa shape index (κ3) is 70.2. The number of nitrogens with two attached hydrogens (primary N) is 1. The first-order valence-electron chi connectivity index (χ1n) is 36.1. The third-order valence-electron chi connectivity index (χ3n) is 15.8. The van der Waals surface area contributed by atoms with Gasteiger partial charge in [0.1, 0.15) is 6.61 Å². The summed E-state index contributed by atoms with van der Waals surface area (Å²) < 4.78 is 33.2. The van der Waals surface area contributed by atoms with Gasteiger partial charge in [0.15, 0.2) is 6.10 Å². The van der Waals surface area contributed by atoms with E-state index in [2.05, 4.69) is 98.9 Å². The molecule has 0 bridgehead atoms. The van der Waals surface area contributed by atoms with Crippen LogP contribution in [0.2, 0.25) is 0 Å². The summed E-state index contributed by atoms with van der Waals surface area (Å²) in [4.78, 5) is 35.4. The Labute approximate surface area is 525 Å². The zero-order valence-corrected chi connectivity index (χ0v) is 56.5. The van der Waals surface area contributed by atoms with Crippen LogP contribution in [0.3, 0.4) is 0 Å². The number of hydrogen-bond acceptors (Lipinski definition) is 8. The number of carbonyl (C=O) groups is 2. The van der Waals surface area contributed by atoms with Crippen molar-refractivity contribution in [2.75, 3.05) is 26.4 Å². The number of rotatable bonds is 68. The van der Waals surface area contributed by atoms with E-state index in [0.717, 1.165) is 77.0 Å². The summed E-state index contributed by atoms with van der Waals surface area (Å²) in [5, 5.41) is 0. The molecule has 494 valence electrons. The molecule has 9 nitrogen and oxygen atoms in total. The van der Waals surface area contributed by atoms with Gasteiger partial charge < -0.3 is 20.1 Å². The molecule has 0 aliphatic heterocycles. The molecule has 2 unspecified atom stereocenters. The molecule has 2 atom stereocenters. The maximum Gasteiger partial charge on any atom is 0.472 e. The summed E-state index contributed by atoms with van der Waals surface area (Å²) in [6.45, 7) is 3.67. The Kier molecular flexibility index (Phi) is 68.0. The monoisotopic (exact) mass is 1210 g/mol. The number of phosphoric acid groups is 1. The van der Waals surface area contributed by atoms with Gasteiger partial charge in [-0.2, -0.15) is 0 Å². The van der Waals surface area contributed by atoms with Gasteiger partial charge in [-0.25, -0.2) is 4.57 Å². The average Bonchev–Trinajstić information content (AvgIpc) is 3.52. The Bertz CT molecular complexity index is 1670. The molecule has 0 aliphatic rings. The predicted octanol–water partition coefficient (Wildman–Crippen LogP) is 23.8. The highest BCUT2D eigenvalue weighted by molar-refractivity contribution is 7.47. The zero-order valence-electron chi connectivity index (χ0n) is 55.6. The van der Waals surface area contributed by atoms with Crippen LogP contribution >= 0.6 is 7.82 Å². The quantitative estimate of drug-likeness (QED) is 0.0264. The van der Waals surface area contributed by atoms with E-state index in [4.69, 9.17) is 24.3 Å². The van der Waals surface area contributed by atoms with Crippen molar-refractivity contribution >= 4 is 19.8 Å². The molecule has 0 saturated carbocycles. The zero-order chi connectivity index (χ0) is 61.6. The maximum absolute atomic E-state index is 12.8. The van der Waals surface area contributed by atoms with E-state index in [0.29, 0.717) is 6.42 Å². The highest BCUT2D eigenvalue weighted by Gasteiger charge is 2.26. The summed E-state index contributed by atoms with van der Waals surface area (Å²) >= 11 is 0. The molecule has 0 amide bonds. The minimum absolute atomic E-state index is 0.0522. The lowest BCUT2D eigenvalue weighted by Gasteiger charge is -2.19. The van der Waals surface area contributed by atoms with Crippen LogP contribution in [0.25, 0.3) is 0 Å². The lowest BCUT2D eigenvalue weighted by Crippen LogP contribution is -2.29. The van der Waals surface area contributed by atoms with Gasteiger partial charge in [0, 0.05) is 19.4 Å². The molecule has 10 heteroatoms. The molecule has 0 heterocycles. The molecule has 0 aromatic heterocycles. The van der Waals surface area contributed by atoms with Crippen molar-refractivity contribution in [3.05, 3.63) is 85.1 Å². The summed E-state index contributed by atoms with van der Waals surface area (Å²) in [6, 6.07) is 0. The van der Waals surface area contributed by atoms with Gasteiger partial charge >= 0.3 is 19.8 Å². The Balaban J connectivity index is 3.83. The minimum atomic E-state index is -4.40. The van der Waals surface area contributed by atoms with Crippen molar-refractivity contribution in [3.8, 4) is 0 Å². The van der Waals surface area contributed by atoms with Gasteiger partial charge in [-0.15, -0.1) is 0 Å². The second kappa shape index (κ2) is 70.3. The number of unbranched alkanes of at least 4 members (excludes halogenated alkanes) is 41. The topological polar surface area (TPSA) is 134 Å². The largest absolute Gasteiger partial charge is 0.472 e. The van der Waals surface area contributed by atoms with Crippen LogP contribution in [-0.2, 0) is 32.7 Å². The SMILES string of the molecule is CC/C=C\C/C=C\C/C=C\C/C=C\C/C=C\CCCCCCCCCCCCCCCC(=O)OC(COC(=O)CCCCCCCCCCCCCCCCCCCCCCCCC/C=C\C/C=C\CCCCCCC)COP(=O)(O)OCCN. The second-order valence-electron chi connectivity index (χ2n) is 24.1. The van der Waals surface area contributed by atoms with Crippen LogP contribution in [0.1, 0.15) is 348 Å². The molecule has 0 spiro atoms. The number of ether oxygens (including phenoxy) is 2. The van der Waals surface area contributed by atoms with E-state index >= 15 is 0 Å². The van der Waals surface area contributed by atoms with Crippen LogP contribution in [0, 0.1) is 0 Å². The van der Waals surface area contributed by atoms with Gasteiger partial charge in [0.25, 0.3) is 0 Å². The molecule has 0 rings (SSSR count). The first-order valence-corrected chi connectivity index (χ1v) is 37.6.